The van der Waals surface area contributed by atoms with Crippen LogP contribution in [0, 0.1) is 5.82 Å². The maximum Gasteiger partial charge on any atom is 0.216 e. The number of carbonyl (C=O) groups is 1. The third-order valence-electron chi connectivity index (χ3n) is 3.99. The number of rotatable bonds is 5. The van der Waals surface area contributed by atoms with Crippen LogP contribution < -0.4 is 5.32 Å². The van der Waals surface area contributed by atoms with E-state index in [4.69, 9.17) is 11.6 Å². The molecule has 0 radical (unpaired) electrons. The van der Waals surface area contributed by atoms with Crippen LogP contribution in [-0.2, 0) is 11.3 Å². The molecule has 1 aromatic carbocycles. The molecular formula is C16H22ClFN2O. The second kappa shape index (κ2) is 7.76. The Morgan fingerprint density at radius 1 is 1.48 bits per heavy atom. The summed E-state index contributed by atoms with van der Waals surface area (Å²) in [5.74, 6) is -0.241. The first-order valence-electron chi connectivity index (χ1n) is 7.48. The van der Waals surface area contributed by atoms with Gasteiger partial charge in [0.1, 0.15) is 5.82 Å². The first kappa shape index (κ1) is 16.2. The summed E-state index contributed by atoms with van der Waals surface area (Å²) in [6, 6.07) is 5.27. The lowest BCUT2D eigenvalue weighted by atomic mass is 9.98. The Kier molecular flexibility index (Phi) is 6.00. The summed E-state index contributed by atoms with van der Waals surface area (Å²) in [6.45, 7) is 3.79. The summed E-state index contributed by atoms with van der Waals surface area (Å²) in [6.07, 6.45) is 4.36. The lowest BCUT2D eigenvalue weighted by molar-refractivity contribution is -0.119. The zero-order valence-corrected chi connectivity index (χ0v) is 13.1. The van der Waals surface area contributed by atoms with E-state index in [9.17, 15) is 9.18 Å². The number of nitrogens with one attached hydrogen (secondary N) is 1. The van der Waals surface area contributed by atoms with Gasteiger partial charge in [-0.25, -0.2) is 4.39 Å². The van der Waals surface area contributed by atoms with Gasteiger partial charge in [0.05, 0.1) is 0 Å². The van der Waals surface area contributed by atoms with Crippen LogP contribution in [0.3, 0.4) is 0 Å². The van der Waals surface area contributed by atoms with E-state index in [-0.39, 0.29) is 11.7 Å². The number of carbonyl (C=O) groups excluding carboxylic acids is 1. The summed E-state index contributed by atoms with van der Waals surface area (Å²) in [5, 5.41) is 3.27. The number of amides is 1. The molecule has 0 spiro atoms. The summed E-state index contributed by atoms with van der Waals surface area (Å²) >= 11 is 5.79. The molecule has 1 atom stereocenters. The topological polar surface area (TPSA) is 32.3 Å². The fourth-order valence-electron chi connectivity index (χ4n) is 2.88. The SMILES string of the molecule is CC(=O)NCC[C@H]1CCCCN1Cc1ccc(Cl)cc1F. The molecule has 0 aromatic heterocycles. The van der Waals surface area contributed by atoms with Gasteiger partial charge in [0.15, 0.2) is 0 Å². The van der Waals surface area contributed by atoms with Gasteiger partial charge in [-0.15, -0.1) is 0 Å². The van der Waals surface area contributed by atoms with Crippen molar-refractivity contribution in [1.82, 2.24) is 10.2 Å². The van der Waals surface area contributed by atoms with E-state index in [1.165, 1.54) is 19.4 Å². The molecule has 1 aliphatic rings. The molecule has 2 rings (SSSR count). The average Bonchev–Trinajstić information content (AvgIpc) is 2.43. The monoisotopic (exact) mass is 312 g/mol. The van der Waals surface area contributed by atoms with Crippen molar-refractivity contribution in [3.8, 4) is 0 Å². The summed E-state index contributed by atoms with van der Waals surface area (Å²) in [7, 11) is 0. The molecule has 116 valence electrons. The Hall–Kier alpha value is -1.13. The van der Waals surface area contributed by atoms with E-state index in [1.54, 1.807) is 12.1 Å². The molecule has 0 bridgehead atoms. The predicted octanol–water partition coefficient (Wildman–Crippen LogP) is 3.36. The second-order valence-corrected chi connectivity index (χ2v) is 6.06. The van der Waals surface area contributed by atoms with Gasteiger partial charge in [0.25, 0.3) is 0 Å². The van der Waals surface area contributed by atoms with Crippen LogP contribution in [0.1, 0.15) is 38.2 Å². The van der Waals surface area contributed by atoms with Crippen molar-refractivity contribution in [2.75, 3.05) is 13.1 Å². The number of hydrogen-bond donors (Lipinski definition) is 1. The quantitative estimate of drug-likeness (QED) is 0.904. The van der Waals surface area contributed by atoms with E-state index < -0.39 is 0 Å². The van der Waals surface area contributed by atoms with Crippen LogP contribution >= 0.6 is 11.6 Å². The zero-order chi connectivity index (χ0) is 15.2. The first-order valence-corrected chi connectivity index (χ1v) is 7.86. The molecule has 1 fully saturated rings. The van der Waals surface area contributed by atoms with Gasteiger partial charge in [0, 0.05) is 36.6 Å². The smallest absolute Gasteiger partial charge is 0.216 e. The highest BCUT2D eigenvalue weighted by Crippen LogP contribution is 2.23. The van der Waals surface area contributed by atoms with Gasteiger partial charge in [-0.2, -0.15) is 0 Å². The van der Waals surface area contributed by atoms with E-state index in [2.05, 4.69) is 10.2 Å². The highest BCUT2D eigenvalue weighted by atomic mass is 35.5. The Morgan fingerprint density at radius 2 is 2.29 bits per heavy atom. The van der Waals surface area contributed by atoms with E-state index in [0.717, 1.165) is 25.8 Å². The summed E-state index contributed by atoms with van der Waals surface area (Å²) in [5.41, 5.74) is 0.686. The van der Waals surface area contributed by atoms with Gasteiger partial charge >= 0.3 is 0 Å². The Balaban J connectivity index is 1.96. The number of piperidine rings is 1. The van der Waals surface area contributed by atoms with E-state index in [1.807, 2.05) is 0 Å². The van der Waals surface area contributed by atoms with Crippen molar-refractivity contribution in [1.29, 1.82) is 0 Å². The summed E-state index contributed by atoms with van der Waals surface area (Å²) in [4.78, 5) is 13.3. The molecule has 1 saturated heterocycles. The highest BCUT2D eigenvalue weighted by molar-refractivity contribution is 6.30. The van der Waals surface area contributed by atoms with Crippen LogP contribution in [0.25, 0.3) is 0 Å². The molecule has 0 saturated carbocycles. The molecule has 1 amide bonds. The Morgan fingerprint density at radius 3 is 3.00 bits per heavy atom. The largest absolute Gasteiger partial charge is 0.356 e. The van der Waals surface area contributed by atoms with E-state index in [0.29, 0.717) is 29.7 Å². The third-order valence-corrected chi connectivity index (χ3v) is 4.22. The number of likely N-dealkylation sites (tertiary alicyclic amines) is 1. The first-order chi connectivity index (χ1) is 10.1. The van der Waals surface area contributed by atoms with Crippen LogP contribution in [0.5, 0.6) is 0 Å². The zero-order valence-electron chi connectivity index (χ0n) is 12.4. The molecule has 1 heterocycles. The number of nitrogens with zero attached hydrogens (tertiary/aromatic N) is 1. The molecule has 1 N–H and O–H groups in total. The lowest BCUT2D eigenvalue weighted by Gasteiger charge is -2.36. The highest BCUT2D eigenvalue weighted by Gasteiger charge is 2.23. The second-order valence-electron chi connectivity index (χ2n) is 5.63. The molecule has 5 heteroatoms. The van der Waals surface area contributed by atoms with Crippen molar-refractivity contribution in [2.45, 2.75) is 45.2 Å². The van der Waals surface area contributed by atoms with Crippen LogP contribution in [0.2, 0.25) is 5.02 Å². The number of benzene rings is 1. The normalized spacial score (nSPS) is 19.5. The number of hydrogen-bond acceptors (Lipinski definition) is 2. The fraction of sp³-hybridized carbons (Fsp3) is 0.562. The minimum atomic E-state index is -0.242. The average molecular weight is 313 g/mol. The van der Waals surface area contributed by atoms with Crippen molar-refractivity contribution in [3.63, 3.8) is 0 Å². The molecule has 1 aromatic rings. The Bertz CT molecular complexity index is 495. The third kappa shape index (κ3) is 4.97. The van der Waals surface area contributed by atoms with Gasteiger partial charge in [-0.05, 0) is 37.9 Å². The van der Waals surface area contributed by atoms with Crippen LogP contribution in [-0.4, -0.2) is 29.9 Å². The lowest BCUT2D eigenvalue weighted by Crippen LogP contribution is -2.41. The molecule has 0 unspecified atom stereocenters. The molecule has 3 nitrogen and oxygen atoms in total. The minimum Gasteiger partial charge on any atom is -0.356 e. The predicted molar refractivity (Wildman–Crippen MR) is 82.8 cm³/mol. The Labute approximate surface area is 130 Å². The molecule has 0 aliphatic carbocycles. The molecule has 21 heavy (non-hydrogen) atoms. The maximum atomic E-state index is 13.9. The van der Waals surface area contributed by atoms with Gasteiger partial charge in [0.2, 0.25) is 5.91 Å². The maximum absolute atomic E-state index is 13.9. The van der Waals surface area contributed by atoms with Crippen molar-refractivity contribution >= 4 is 17.5 Å². The molecular weight excluding hydrogens is 291 g/mol. The van der Waals surface area contributed by atoms with Crippen LogP contribution in [0.4, 0.5) is 4.39 Å². The minimum absolute atomic E-state index is 0.00102. The van der Waals surface area contributed by atoms with Crippen molar-refractivity contribution in [3.05, 3.63) is 34.6 Å². The van der Waals surface area contributed by atoms with Gasteiger partial charge in [-0.3, -0.25) is 9.69 Å². The van der Waals surface area contributed by atoms with Crippen LogP contribution in [0.15, 0.2) is 18.2 Å². The number of halogens is 2. The van der Waals surface area contributed by atoms with Crippen molar-refractivity contribution < 1.29 is 9.18 Å². The van der Waals surface area contributed by atoms with E-state index >= 15 is 0 Å². The van der Waals surface area contributed by atoms with Crippen molar-refractivity contribution in [2.24, 2.45) is 0 Å². The standard InChI is InChI=1S/C16H22ClFN2O/c1-12(21)19-8-7-15-4-2-3-9-20(15)11-13-5-6-14(17)10-16(13)18/h5-6,10,15H,2-4,7-9,11H2,1H3,(H,19,21)/t15-/m1/s1. The van der Waals surface area contributed by atoms with Gasteiger partial charge in [-0.1, -0.05) is 24.1 Å². The van der Waals surface area contributed by atoms with Gasteiger partial charge < -0.3 is 5.32 Å². The molecule has 1 aliphatic heterocycles. The fourth-order valence-corrected chi connectivity index (χ4v) is 3.04. The summed E-state index contributed by atoms with van der Waals surface area (Å²) < 4.78 is 13.9.